The number of amidine groups is 1. The summed E-state index contributed by atoms with van der Waals surface area (Å²) in [5.41, 5.74) is 3.69. The van der Waals surface area contributed by atoms with Crippen LogP contribution in [0.2, 0.25) is 5.02 Å². The fourth-order valence-corrected chi connectivity index (χ4v) is 6.92. The number of pyridine rings is 1. The molecule has 1 aromatic carbocycles. The summed E-state index contributed by atoms with van der Waals surface area (Å²) in [6, 6.07) is 10.1. The summed E-state index contributed by atoms with van der Waals surface area (Å²) >= 11 is 6.71. The summed E-state index contributed by atoms with van der Waals surface area (Å²) in [5.74, 6) is 0.566. The summed E-state index contributed by atoms with van der Waals surface area (Å²) in [6.45, 7) is 11.3. The third-order valence-corrected chi connectivity index (χ3v) is 8.87. The molecule has 0 radical (unpaired) electrons. The van der Waals surface area contributed by atoms with Crippen LogP contribution in [-0.2, 0) is 12.0 Å². The predicted octanol–water partition coefficient (Wildman–Crippen LogP) is 5.68. The monoisotopic (exact) mass is 503 g/mol. The molecule has 0 atom stereocenters. The lowest BCUT2D eigenvalue weighted by Gasteiger charge is -2.51. The fraction of sp³-hybridized carbons (Fsp3) is 0.448. The second-order valence-corrected chi connectivity index (χ2v) is 12.6. The maximum absolute atomic E-state index is 13.6. The Balaban J connectivity index is 1.36. The van der Waals surface area contributed by atoms with Crippen molar-refractivity contribution in [2.75, 3.05) is 20.1 Å². The summed E-state index contributed by atoms with van der Waals surface area (Å²) in [7, 11) is 1.89. The average molecular weight is 504 g/mol. The molecule has 2 saturated carbocycles. The number of benzene rings is 1. The second kappa shape index (κ2) is 7.83. The highest BCUT2D eigenvalue weighted by molar-refractivity contribution is 6.35. The molecule has 0 bridgehead atoms. The van der Waals surface area contributed by atoms with Crippen molar-refractivity contribution >= 4 is 28.3 Å². The molecule has 6 rings (SSSR count). The van der Waals surface area contributed by atoms with Gasteiger partial charge in [-0.2, -0.15) is 0 Å². The molecule has 2 N–H and O–H groups in total. The van der Waals surface area contributed by atoms with Crippen molar-refractivity contribution in [1.82, 2.24) is 19.4 Å². The molecule has 7 heteroatoms. The number of H-pyrrole nitrogens is 1. The van der Waals surface area contributed by atoms with Gasteiger partial charge in [-0.15, -0.1) is 0 Å². The second-order valence-electron chi connectivity index (χ2n) is 12.2. The van der Waals surface area contributed by atoms with Crippen LogP contribution in [0, 0.1) is 16.2 Å². The van der Waals surface area contributed by atoms with E-state index in [4.69, 9.17) is 17.0 Å². The van der Waals surface area contributed by atoms with Crippen molar-refractivity contribution in [3.8, 4) is 5.69 Å². The highest BCUT2D eigenvalue weighted by Crippen LogP contribution is 2.69. The van der Waals surface area contributed by atoms with Crippen molar-refractivity contribution in [3.63, 3.8) is 0 Å². The lowest BCUT2D eigenvalue weighted by Crippen LogP contribution is -2.53. The number of fused-ring (bicyclic) bond motifs is 1. The molecule has 6 nitrogen and oxygen atoms in total. The van der Waals surface area contributed by atoms with Crippen molar-refractivity contribution < 1.29 is 0 Å². The number of aromatic amines is 1. The maximum Gasteiger partial charge on any atom is 0.279 e. The van der Waals surface area contributed by atoms with E-state index in [9.17, 15) is 4.79 Å². The zero-order valence-electron chi connectivity index (χ0n) is 21.3. The minimum atomic E-state index is -0.350. The molecule has 188 valence electrons. The molecule has 3 aliphatic rings. The molecule has 3 heterocycles. The van der Waals surface area contributed by atoms with Gasteiger partial charge in [0, 0.05) is 49.6 Å². The van der Waals surface area contributed by atoms with Crippen molar-refractivity contribution in [1.29, 1.82) is 5.41 Å². The number of nitrogens with zero attached hydrogens (tertiary/aromatic N) is 3. The molecule has 1 spiro atoms. The Morgan fingerprint density at radius 2 is 1.97 bits per heavy atom. The molecule has 3 fully saturated rings. The highest BCUT2D eigenvalue weighted by atomic mass is 35.5. The normalized spacial score (nSPS) is 21.1. The van der Waals surface area contributed by atoms with Gasteiger partial charge < -0.3 is 9.88 Å². The molecule has 3 aromatic rings. The summed E-state index contributed by atoms with van der Waals surface area (Å²) in [4.78, 5) is 21.2. The molecule has 1 saturated heterocycles. The third-order valence-electron chi connectivity index (χ3n) is 8.57. The van der Waals surface area contributed by atoms with Gasteiger partial charge >= 0.3 is 0 Å². The third kappa shape index (κ3) is 3.65. The quantitative estimate of drug-likeness (QED) is 0.336. The van der Waals surface area contributed by atoms with E-state index in [0.717, 1.165) is 54.8 Å². The van der Waals surface area contributed by atoms with Crippen LogP contribution in [0.4, 0.5) is 0 Å². The Bertz CT molecular complexity index is 1440. The molecule has 0 unspecified atom stereocenters. The van der Waals surface area contributed by atoms with Crippen molar-refractivity contribution in [2.45, 2.75) is 51.5 Å². The standard InChI is InChI=1S/C29H34ClN5O/c1-5-33(4)26(31)29(15-28(16-29)9-10-28)19-7-6-8-21(11-19)35-14-23(30)22-12-20(32-24(22)25(35)36)13-34-17-27(2,3)18-34/h5-8,11-12,14,31-32H,1,9-10,13,15-18H2,2-4H3. The molecule has 2 aliphatic carbocycles. The van der Waals surface area contributed by atoms with Gasteiger partial charge in [0.05, 0.1) is 10.4 Å². The molecular formula is C29H34ClN5O. The Kier molecular flexibility index (Phi) is 5.13. The highest BCUT2D eigenvalue weighted by Gasteiger charge is 2.63. The number of halogens is 1. The topological polar surface area (TPSA) is 68.1 Å². The summed E-state index contributed by atoms with van der Waals surface area (Å²) in [5, 5.41) is 10.3. The smallest absolute Gasteiger partial charge is 0.279 e. The Morgan fingerprint density at radius 3 is 2.61 bits per heavy atom. The van der Waals surface area contributed by atoms with Gasteiger partial charge in [-0.3, -0.25) is 19.7 Å². The SMILES string of the molecule is C=CN(C)C(=N)C1(c2cccc(-n3cc(Cl)c4cc(CN5CC(C)(C)C5)[nH]c4c3=O)c2)CC2(CC2)C1. The zero-order valence-corrected chi connectivity index (χ0v) is 22.1. The van der Waals surface area contributed by atoms with Crippen molar-refractivity contribution in [3.05, 3.63) is 75.9 Å². The Hall–Kier alpha value is -2.83. The lowest BCUT2D eigenvalue weighted by atomic mass is 9.55. The van der Waals surface area contributed by atoms with Crippen LogP contribution in [-0.4, -0.2) is 45.3 Å². The lowest BCUT2D eigenvalue weighted by molar-refractivity contribution is 0.0234. The van der Waals surface area contributed by atoms with E-state index in [1.54, 1.807) is 17.0 Å². The van der Waals surface area contributed by atoms with Gasteiger partial charge in [-0.25, -0.2) is 0 Å². The van der Waals surface area contributed by atoms with Gasteiger partial charge in [0.15, 0.2) is 0 Å². The van der Waals surface area contributed by atoms with E-state index in [1.807, 2.05) is 30.1 Å². The van der Waals surface area contributed by atoms with Crippen LogP contribution in [0.1, 0.15) is 50.8 Å². The first-order valence-electron chi connectivity index (χ1n) is 12.8. The van der Waals surface area contributed by atoms with E-state index in [2.05, 4.69) is 42.4 Å². The summed E-state index contributed by atoms with van der Waals surface area (Å²) < 4.78 is 1.64. The summed E-state index contributed by atoms with van der Waals surface area (Å²) in [6.07, 6.45) is 7.87. The first kappa shape index (κ1) is 23.6. The van der Waals surface area contributed by atoms with Gasteiger partial charge in [0.25, 0.3) is 5.56 Å². The zero-order chi connectivity index (χ0) is 25.5. The van der Waals surface area contributed by atoms with Crippen LogP contribution in [0.25, 0.3) is 16.6 Å². The number of nitrogens with one attached hydrogen (secondary N) is 2. The maximum atomic E-state index is 13.6. The number of aromatic nitrogens is 2. The molecule has 36 heavy (non-hydrogen) atoms. The van der Waals surface area contributed by atoms with Crippen molar-refractivity contribution in [2.24, 2.45) is 10.8 Å². The fourth-order valence-electron chi connectivity index (χ4n) is 6.67. The van der Waals surface area contributed by atoms with Crippen LogP contribution in [0.5, 0.6) is 0 Å². The molecule has 0 amide bonds. The number of rotatable bonds is 6. The largest absolute Gasteiger partial charge is 0.353 e. The van der Waals surface area contributed by atoms with E-state index in [0.29, 0.717) is 27.2 Å². The Labute approximate surface area is 217 Å². The minimum Gasteiger partial charge on any atom is -0.353 e. The van der Waals surface area contributed by atoms with Gasteiger partial charge in [0.1, 0.15) is 11.4 Å². The van der Waals surface area contributed by atoms with E-state index in [-0.39, 0.29) is 11.0 Å². The van der Waals surface area contributed by atoms with E-state index < -0.39 is 0 Å². The predicted molar refractivity (Wildman–Crippen MR) is 146 cm³/mol. The van der Waals surface area contributed by atoms with Gasteiger partial charge in [-0.1, -0.05) is 44.2 Å². The molecular weight excluding hydrogens is 470 g/mol. The number of likely N-dealkylation sites (N-methyl/N-ethyl adjacent to an activating group) is 1. The van der Waals surface area contributed by atoms with Crippen LogP contribution in [0.15, 0.2) is 54.1 Å². The van der Waals surface area contributed by atoms with E-state index >= 15 is 0 Å². The first-order valence-corrected chi connectivity index (χ1v) is 13.1. The number of likely N-dealkylation sites (tertiary alicyclic amines) is 1. The van der Waals surface area contributed by atoms with Gasteiger partial charge in [-0.05, 0) is 66.5 Å². The van der Waals surface area contributed by atoms with E-state index in [1.165, 1.54) is 12.8 Å². The number of hydrogen-bond donors (Lipinski definition) is 2. The van der Waals surface area contributed by atoms with Crippen LogP contribution < -0.4 is 5.56 Å². The average Bonchev–Trinajstić information content (AvgIpc) is 3.49. The molecule has 2 aromatic heterocycles. The number of hydrogen-bond acceptors (Lipinski definition) is 3. The van der Waals surface area contributed by atoms with Gasteiger partial charge in [0.2, 0.25) is 0 Å². The minimum absolute atomic E-state index is 0.110. The van der Waals surface area contributed by atoms with Crippen LogP contribution in [0.3, 0.4) is 0 Å². The Morgan fingerprint density at radius 1 is 1.25 bits per heavy atom. The molecule has 1 aliphatic heterocycles. The van der Waals surface area contributed by atoms with Crippen LogP contribution >= 0.6 is 11.6 Å². The first-order chi connectivity index (χ1) is 17.0.